The number of rotatable bonds is 6. The molecule has 2 aromatic heterocycles. The van der Waals surface area contributed by atoms with Crippen molar-refractivity contribution in [2.24, 2.45) is 4.99 Å². The van der Waals surface area contributed by atoms with Crippen molar-refractivity contribution in [2.75, 3.05) is 29.8 Å². The Bertz CT molecular complexity index is 1060. The number of anilines is 1. The maximum atomic E-state index is 13.2. The molecule has 0 radical (unpaired) electrons. The molecule has 3 heterocycles. The maximum Gasteiger partial charge on any atom is 0.273 e. The highest BCUT2D eigenvalue weighted by Crippen LogP contribution is 2.33. The summed E-state index contributed by atoms with van der Waals surface area (Å²) in [5, 5.41) is 3.49. The molecule has 1 aromatic carbocycles. The van der Waals surface area contributed by atoms with Crippen LogP contribution in [0, 0.1) is 0 Å². The molecule has 136 valence electrons. The average molecular weight is 410 g/mol. The average Bonchev–Trinajstić information content (AvgIpc) is 3.39. The van der Waals surface area contributed by atoms with E-state index in [0.717, 1.165) is 44.1 Å². The van der Waals surface area contributed by atoms with Crippen LogP contribution in [0.3, 0.4) is 0 Å². The van der Waals surface area contributed by atoms with Gasteiger partial charge in [-0.05, 0) is 23.6 Å². The van der Waals surface area contributed by atoms with Gasteiger partial charge in [-0.3, -0.25) is 9.30 Å². The number of aromatic nitrogens is 1. The number of fused-ring (bicyclic) bond motifs is 1. The molecule has 0 bridgehead atoms. The Balaban J connectivity index is 1.85. The molecule has 3 aromatic rings. The first kappa shape index (κ1) is 17.6. The van der Waals surface area contributed by atoms with E-state index in [1.807, 2.05) is 12.1 Å². The van der Waals surface area contributed by atoms with E-state index in [1.165, 1.54) is 6.07 Å². The van der Waals surface area contributed by atoms with Crippen LogP contribution in [0.4, 0.5) is 10.1 Å². The molecule has 0 amide bonds. The molecule has 0 spiro atoms. The molecule has 5 nitrogen and oxygen atoms in total. The minimum atomic E-state index is -3.82. The van der Waals surface area contributed by atoms with Crippen LogP contribution >= 0.6 is 23.1 Å². The first-order valence-corrected chi connectivity index (χ1v) is 11.3. The molecule has 1 N–H and O–H groups in total. The standard InChI is InChI=1S/C17H16FN3O2S3/c18-6-8-21(26(22,23)15-5-2-9-24-15)14-4-1-3-12-11-13(20-16(12)14)17-19-7-10-25-17/h1-5,9,11,20H,6-8,10H2. The molecule has 26 heavy (non-hydrogen) atoms. The first-order valence-electron chi connectivity index (χ1n) is 8.03. The summed E-state index contributed by atoms with van der Waals surface area (Å²) in [7, 11) is -3.82. The Labute approximate surface area is 159 Å². The van der Waals surface area contributed by atoms with Gasteiger partial charge in [0.1, 0.15) is 15.9 Å². The van der Waals surface area contributed by atoms with Crippen molar-refractivity contribution in [3.05, 3.63) is 47.5 Å². The third-order valence-electron chi connectivity index (χ3n) is 4.05. The highest BCUT2D eigenvalue weighted by atomic mass is 32.2. The number of sulfonamides is 1. The lowest BCUT2D eigenvalue weighted by Gasteiger charge is -2.23. The summed E-state index contributed by atoms with van der Waals surface area (Å²) in [5.74, 6) is 0.943. The number of halogens is 1. The Morgan fingerprint density at radius 3 is 2.85 bits per heavy atom. The number of aromatic amines is 1. The molecule has 4 rings (SSSR count). The SMILES string of the molecule is O=S(=O)(c1cccs1)N(CCF)c1cccc2cc(C3=NCCS3)[nH]c12. The molecule has 0 saturated carbocycles. The van der Waals surface area contributed by atoms with E-state index in [1.54, 1.807) is 35.3 Å². The van der Waals surface area contributed by atoms with Gasteiger partial charge in [0, 0.05) is 17.7 Å². The van der Waals surface area contributed by atoms with Crippen LogP contribution in [-0.4, -0.2) is 44.0 Å². The lowest BCUT2D eigenvalue weighted by molar-refractivity contribution is 0.500. The van der Waals surface area contributed by atoms with Gasteiger partial charge in [-0.2, -0.15) is 0 Å². The number of nitrogens with zero attached hydrogens (tertiary/aromatic N) is 2. The number of hydrogen-bond acceptors (Lipinski definition) is 5. The quantitative estimate of drug-likeness (QED) is 0.672. The molecule has 0 unspecified atom stereocenters. The van der Waals surface area contributed by atoms with E-state index in [0.29, 0.717) is 11.2 Å². The molecule has 9 heteroatoms. The summed E-state index contributed by atoms with van der Waals surface area (Å²) in [5.41, 5.74) is 1.98. The molecule has 0 aliphatic carbocycles. The topological polar surface area (TPSA) is 65.5 Å². The predicted octanol–water partition coefficient (Wildman–Crippen LogP) is 3.89. The van der Waals surface area contributed by atoms with Crippen LogP contribution in [0.15, 0.2) is 51.0 Å². The molecular formula is C17H16FN3O2S3. The fourth-order valence-electron chi connectivity index (χ4n) is 2.93. The number of alkyl halides is 1. The minimum Gasteiger partial charge on any atom is -0.351 e. The minimum absolute atomic E-state index is 0.199. The van der Waals surface area contributed by atoms with Crippen LogP contribution in [0.25, 0.3) is 10.9 Å². The zero-order valence-corrected chi connectivity index (χ0v) is 16.1. The number of thiophene rings is 1. The van der Waals surface area contributed by atoms with Gasteiger partial charge >= 0.3 is 0 Å². The van der Waals surface area contributed by atoms with Crippen LogP contribution in [0.2, 0.25) is 0 Å². The predicted molar refractivity (Wildman–Crippen MR) is 107 cm³/mol. The van der Waals surface area contributed by atoms with Crippen molar-refractivity contribution < 1.29 is 12.8 Å². The number of aliphatic imine (C=N–C) groups is 1. The Morgan fingerprint density at radius 2 is 2.15 bits per heavy atom. The van der Waals surface area contributed by atoms with E-state index >= 15 is 0 Å². The third kappa shape index (κ3) is 3.04. The Hall–Kier alpha value is -1.84. The number of hydrogen-bond donors (Lipinski definition) is 1. The summed E-state index contributed by atoms with van der Waals surface area (Å²) in [4.78, 5) is 7.75. The van der Waals surface area contributed by atoms with Gasteiger partial charge < -0.3 is 4.98 Å². The van der Waals surface area contributed by atoms with Crippen LogP contribution in [-0.2, 0) is 10.0 Å². The van der Waals surface area contributed by atoms with Gasteiger partial charge in [-0.1, -0.05) is 18.2 Å². The van der Waals surface area contributed by atoms with Gasteiger partial charge in [0.05, 0.1) is 23.4 Å². The summed E-state index contributed by atoms with van der Waals surface area (Å²) < 4.78 is 40.6. The van der Waals surface area contributed by atoms with E-state index in [4.69, 9.17) is 0 Å². The molecule has 0 fully saturated rings. The summed E-state index contributed by atoms with van der Waals surface area (Å²) in [6.45, 7) is -0.219. The zero-order chi connectivity index (χ0) is 18.1. The zero-order valence-electron chi connectivity index (χ0n) is 13.7. The Kier molecular flexibility index (Phi) is 4.76. The maximum absolute atomic E-state index is 13.2. The second-order valence-corrected chi connectivity index (χ2v) is 9.78. The van der Waals surface area contributed by atoms with Crippen molar-refractivity contribution in [1.29, 1.82) is 0 Å². The summed E-state index contributed by atoms with van der Waals surface area (Å²) in [6.07, 6.45) is 0. The van der Waals surface area contributed by atoms with E-state index < -0.39 is 16.7 Å². The molecule has 0 atom stereocenters. The lowest BCUT2D eigenvalue weighted by atomic mass is 10.2. The fraction of sp³-hybridized carbons (Fsp3) is 0.235. The largest absolute Gasteiger partial charge is 0.351 e. The van der Waals surface area contributed by atoms with Gasteiger partial charge in [-0.15, -0.1) is 23.1 Å². The van der Waals surface area contributed by atoms with Gasteiger partial charge in [0.15, 0.2) is 0 Å². The number of benzene rings is 1. The second kappa shape index (κ2) is 7.05. The number of thioether (sulfide) groups is 1. The van der Waals surface area contributed by atoms with Crippen LogP contribution < -0.4 is 4.31 Å². The lowest BCUT2D eigenvalue weighted by Crippen LogP contribution is -2.32. The van der Waals surface area contributed by atoms with Gasteiger partial charge in [0.25, 0.3) is 10.0 Å². The molecule has 0 saturated heterocycles. The van der Waals surface area contributed by atoms with Crippen LogP contribution in [0.5, 0.6) is 0 Å². The number of para-hydroxylation sites is 1. The normalized spacial score (nSPS) is 14.7. The highest BCUT2D eigenvalue weighted by Gasteiger charge is 2.28. The molecular weight excluding hydrogens is 393 g/mol. The van der Waals surface area contributed by atoms with Crippen molar-refractivity contribution >= 4 is 54.8 Å². The van der Waals surface area contributed by atoms with Crippen molar-refractivity contribution in [2.45, 2.75) is 4.21 Å². The van der Waals surface area contributed by atoms with Crippen molar-refractivity contribution in [1.82, 2.24) is 4.98 Å². The summed E-state index contributed by atoms with van der Waals surface area (Å²) >= 11 is 2.79. The monoisotopic (exact) mass is 409 g/mol. The number of nitrogens with one attached hydrogen (secondary N) is 1. The van der Waals surface area contributed by atoms with E-state index in [-0.39, 0.29) is 10.8 Å². The molecule has 1 aliphatic rings. The first-order chi connectivity index (χ1) is 12.6. The van der Waals surface area contributed by atoms with Crippen LogP contribution in [0.1, 0.15) is 5.69 Å². The highest BCUT2D eigenvalue weighted by molar-refractivity contribution is 8.14. The Morgan fingerprint density at radius 1 is 1.27 bits per heavy atom. The fourth-order valence-corrected chi connectivity index (χ4v) is 6.31. The van der Waals surface area contributed by atoms with E-state index in [2.05, 4.69) is 9.98 Å². The summed E-state index contributed by atoms with van der Waals surface area (Å²) in [6, 6.07) is 10.6. The number of H-pyrrole nitrogens is 1. The van der Waals surface area contributed by atoms with E-state index in [9.17, 15) is 12.8 Å². The third-order valence-corrected chi connectivity index (χ3v) is 8.24. The van der Waals surface area contributed by atoms with Gasteiger partial charge in [0.2, 0.25) is 0 Å². The molecule has 1 aliphatic heterocycles. The van der Waals surface area contributed by atoms with Crippen molar-refractivity contribution in [3.63, 3.8) is 0 Å². The van der Waals surface area contributed by atoms with Gasteiger partial charge in [-0.25, -0.2) is 12.8 Å². The van der Waals surface area contributed by atoms with Crippen molar-refractivity contribution in [3.8, 4) is 0 Å². The second-order valence-electron chi connectivity index (χ2n) is 5.66. The smallest absolute Gasteiger partial charge is 0.273 e.